The topological polar surface area (TPSA) is 74.5 Å². The van der Waals surface area contributed by atoms with E-state index in [2.05, 4.69) is 10.2 Å². The minimum absolute atomic E-state index is 0.216. The minimum atomic E-state index is -0.678. The molecule has 0 radical (unpaired) electrons. The van der Waals surface area contributed by atoms with E-state index in [0.29, 0.717) is 16.5 Å². The summed E-state index contributed by atoms with van der Waals surface area (Å²) in [7, 11) is 1.59. The van der Waals surface area contributed by atoms with Gasteiger partial charge in [0.25, 0.3) is 5.89 Å². The SMILES string of the molecule is COc1ccc(-c2nnc([C@H](C)OC(=O)c3ccc(Cl)cc3)o2)cc1. The lowest BCUT2D eigenvalue weighted by Crippen LogP contribution is -2.09. The zero-order chi connectivity index (χ0) is 17.8. The first kappa shape index (κ1) is 17.0. The molecule has 25 heavy (non-hydrogen) atoms. The second kappa shape index (κ2) is 7.36. The molecule has 0 N–H and O–H groups in total. The first-order chi connectivity index (χ1) is 12.1. The fourth-order valence-corrected chi connectivity index (χ4v) is 2.24. The van der Waals surface area contributed by atoms with E-state index in [1.807, 2.05) is 0 Å². The molecule has 0 saturated carbocycles. The van der Waals surface area contributed by atoms with Gasteiger partial charge in [0.2, 0.25) is 5.89 Å². The second-order valence-electron chi connectivity index (χ2n) is 5.23. The van der Waals surface area contributed by atoms with Gasteiger partial charge in [-0.1, -0.05) is 11.6 Å². The van der Waals surface area contributed by atoms with Crippen LogP contribution in [0.2, 0.25) is 5.02 Å². The summed E-state index contributed by atoms with van der Waals surface area (Å²) in [5.41, 5.74) is 1.14. The number of carbonyl (C=O) groups is 1. The molecule has 0 amide bonds. The number of nitrogens with zero attached hydrogens (tertiary/aromatic N) is 2. The maximum atomic E-state index is 12.1. The fraction of sp³-hybridized carbons (Fsp3) is 0.167. The van der Waals surface area contributed by atoms with Crippen LogP contribution in [0, 0.1) is 0 Å². The molecule has 1 aromatic heterocycles. The van der Waals surface area contributed by atoms with Crippen molar-refractivity contribution in [2.75, 3.05) is 7.11 Å². The molecular weight excluding hydrogens is 344 g/mol. The van der Waals surface area contributed by atoms with E-state index in [0.717, 1.165) is 11.3 Å². The van der Waals surface area contributed by atoms with Crippen LogP contribution in [0.3, 0.4) is 0 Å². The van der Waals surface area contributed by atoms with Gasteiger partial charge in [0.15, 0.2) is 6.10 Å². The molecule has 0 bridgehead atoms. The van der Waals surface area contributed by atoms with Crippen molar-refractivity contribution in [2.24, 2.45) is 0 Å². The third-order valence-electron chi connectivity index (χ3n) is 3.49. The van der Waals surface area contributed by atoms with Crippen molar-refractivity contribution in [3.05, 3.63) is 65.0 Å². The highest BCUT2D eigenvalue weighted by atomic mass is 35.5. The molecule has 0 aliphatic rings. The smallest absolute Gasteiger partial charge is 0.338 e. The molecule has 0 spiro atoms. The van der Waals surface area contributed by atoms with E-state index >= 15 is 0 Å². The van der Waals surface area contributed by atoms with Gasteiger partial charge in [-0.05, 0) is 55.5 Å². The van der Waals surface area contributed by atoms with Crippen LogP contribution in [-0.4, -0.2) is 23.3 Å². The van der Waals surface area contributed by atoms with Crippen LogP contribution >= 0.6 is 11.6 Å². The van der Waals surface area contributed by atoms with Crippen molar-refractivity contribution in [1.82, 2.24) is 10.2 Å². The van der Waals surface area contributed by atoms with Crippen LogP contribution in [0.1, 0.15) is 29.3 Å². The number of methoxy groups -OCH3 is 1. The molecular formula is C18H15ClN2O4. The highest BCUT2D eigenvalue weighted by molar-refractivity contribution is 6.30. The Morgan fingerprint density at radius 1 is 1.08 bits per heavy atom. The Labute approximate surface area is 149 Å². The quantitative estimate of drug-likeness (QED) is 0.632. The lowest BCUT2D eigenvalue weighted by molar-refractivity contribution is 0.0280. The predicted molar refractivity (Wildman–Crippen MR) is 91.6 cm³/mol. The maximum absolute atomic E-state index is 12.1. The van der Waals surface area contributed by atoms with E-state index in [1.165, 1.54) is 0 Å². The van der Waals surface area contributed by atoms with E-state index in [4.69, 9.17) is 25.5 Å². The molecule has 6 nitrogen and oxygen atoms in total. The van der Waals surface area contributed by atoms with Gasteiger partial charge in [-0.2, -0.15) is 0 Å². The minimum Gasteiger partial charge on any atom is -0.497 e. The van der Waals surface area contributed by atoms with Gasteiger partial charge in [0.05, 0.1) is 12.7 Å². The number of aromatic nitrogens is 2. The number of hydrogen-bond acceptors (Lipinski definition) is 6. The Morgan fingerprint density at radius 2 is 1.76 bits per heavy atom. The zero-order valence-electron chi connectivity index (χ0n) is 13.6. The molecule has 3 rings (SSSR count). The summed E-state index contributed by atoms with van der Waals surface area (Å²) in [6, 6.07) is 13.6. The summed E-state index contributed by atoms with van der Waals surface area (Å²) in [4.78, 5) is 12.1. The summed E-state index contributed by atoms with van der Waals surface area (Å²) in [6.07, 6.45) is -0.678. The summed E-state index contributed by atoms with van der Waals surface area (Å²) < 4.78 is 16.1. The van der Waals surface area contributed by atoms with E-state index in [9.17, 15) is 4.79 Å². The van der Waals surface area contributed by atoms with Crippen molar-refractivity contribution < 1.29 is 18.7 Å². The van der Waals surface area contributed by atoms with Crippen molar-refractivity contribution in [3.8, 4) is 17.2 Å². The highest BCUT2D eigenvalue weighted by Gasteiger charge is 2.20. The third-order valence-corrected chi connectivity index (χ3v) is 3.74. The van der Waals surface area contributed by atoms with Gasteiger partial charge in [-0.25, -0.2) is 4.79 Å². The molecule has 0 unspecified atom stereocenters. The predicted octanol–water partition coefficient (Wildman–Crippen LogP) is 4.32. The van der Waals surface area contributed by atoms with E-state index < -0.39 is 12.1 Å². The molecule has 2 aromatic carbocycles. The van der Waals surface area contributed by atoms with Gasteiger partial charge in [0.1, 0.15) is 5.75 Å². The van der Waals surface area contributed by atoms with Gasteiger partial charge in [0, 0.05) is 10.6 Å². The van der Waals surface area contributed by atoms with Crippen LogP contribution < -0.4 is 4.74 Å². The molecule has 0 fully saturated rings. The molecule has 3 aromatic rings. The number of carbonyl (C=O) groups excluding carboxylic acids is 1. The normalized spacial score (nSPS) is 11.8. The summed E-state index contributed by atoms with van der Waals surface area (Å²) in [5, 5.41) is 8.48. The van der Waals surface area contributed by atoms with Crippen molar-refractivity contribution >= 4 is 17.6 Å². The monoisotopic (exact) mass is 358 g/mol. The number of hydrogen-bond donors (Lipinski definition) is 0. The average Bonchev–Trinajstić information content (AvgIpc) is 3.12. The first-order valence-corrected chi connectivity index (χ1v) is 7.89. The van der Waals surface area contributed by atoms with Gasteiger partial charge in [-0.3, -0.25) is 0 Å². The number of ether oxygens (including phenoxy) is 2. The molecule has 1 atom stereocenters. The zero-order valence-corrected chi connectivity index (χ0v) is 14.4. The van der Waals surface area contributed by atoms with E-state index in [1.54, 1.807) is 62.6 Å². The summed E-state index contributed by atoms with van der Waals surface area (Å²) in [6.45, 7) is 1.67. The molecule has 0 saturated heterocycles. The molecule has 128 valence electrons. The first-order valence-electron chi connectivity index (χ1n) is 7.51. The van der Waals surface area contributed by atoms with Crippen LogP contribution in [-0.2, 0) is 4.74 Å². The lowest BCUT2D eigenvalue weighted by Gasteiger charge is -2.09. The van der Waals surface area contributed by atoms with E-state index in [-0.39, 0.29) is 5.89 Å². The Balaban J connectivity index is 1.70. The summed E-state index contributed by atoms with van der Waals surface area (Å²) >= 11 is 5.80. The van der Waals surface area contributed by atoms with Crippen molar-refractivity contribution in [1.29, 1.82) is 0 Å². The number of rotatable bonds is 5. The molecule has 7 heteroatoms. The highest BCUT2D eigenvalue weighted by Crippen LogP contribution is 2.24. The van der Waals surface area contributed by atoms with Gasteiger partial charge < -0.3 is 13.9 Å². The average molecular weight is 359 g/mol. The van der Waals surface area contributed by atoms with Crippen LogP contribution in [0.15, 0.2) is 52.9 Å². The van der Waals surface area contributed by atoms with Crippen LogP contribution in [0.5, 0.6) is 5.75 Å². The lowest BCUT2D eigenvalue weighted by atomic mass is 10.2. The number of benzene rings is 2. The fourth-order valence-electron chi connectivity index (χ4n) is 2.11. The van der Waals surface area contributed by atoms with Crippen LogP contribution in [0.4, 0.5) is 0 Å². The largest absolute Gasteiger partial charge is 0.497 e. The number of esters is 1. The van der Waals surface area contributed by atoms with Gasteiger partial charge >= 0.3 is 5.97 Å². The maximum Gasteiger partial charge on any atom is 0.338 e. The molecule has 1 heterocycles. The Kier molecular flexibility index (Phi) is 5.00. The molecule has 0 aliphatic carbocycles. The third kappa shape index (κ3) is 3.97. The summed E-state index contributed by atoms with van der Waals surface area (Å²) in [5.74, 6) is 0.794. The Hall–Kier alpha value is -2.86. The van der Waals surface area contributed by atoms with Crippen molar-refractivity contribution in [3.63, 3.8) is 0 Å². The van der Waals surface area contributed by atoms with Crippen molar-refractivity contribution in [2.45, 2.75) is 13.0 Å². The second-order valence-corrected chi connectivity index (χ2v) is 5.66. The standard InChI is InChI=1S/C18H15ClN2O4/c1-11(24-18(22)13-3-7-14(19)8-4-13)16-20-21-17(25-16)12-5-9-15(23-2)10-6-12/h3-11H,1-2H3/t11-/m0/s1. The Bertz CT molecular complexity index is 860. The van der Waals surface area contributed by atoms with Gasteiger partial charge in [-0.15, -0.1) is 10.2 Å². The van der Waals surface area contributed by atoms with Crippen LogP contribution in [0.25, 0.3) is 11.5 Å². The molecule has 0 aliphatic heterocycles. The Morgan fingerprint density at radius 3 is 2.40 bits per heavy atom. The number of halogens is 1.